The van der Waals surface area contributed by atoms with Crippen molar-refractivity contribution in [2.45, 2.75) is 37.5 Å². The number of amides is 2. The lowest BCUT2D eigenvalue weighted by molar-refractivity contribution is -0.0815. The number of methoxy groups -OCH3 is 1. The van der Waals surface area contributed by atoms with Crippen LogP contribution in [0.4, 0.5) is 10.5 Å². The van der Waals surface area contributed by atoms with Crippen LogP contribution < -0.4 is 10.1 Å². The Kier molecular flexibility index (Phi) is 5.25. The number of urea groups is 1. The number of aromatic nitrogens is 1. The maximum Gasteiger partial charge on any atom is 0.322 e. The third-order valence-corrected chi connectivity index (χ3v) is 5.60. The maximum atomic E-state index is 12.9. The van der Waals surface area contributed by atoms with Gasteiger partial charge in [0.2, 0.25) is 5.88 Å². The lowest BCUT2D eigenvalue weighted by Gasteiger charge is -2.49. The number of ether oxygens (including phenoxy) is 2. The number of carbonyl (C=O) groups excluding carboxylic acids is 1. The third kappa shape index (κ3) is 3.90. The second kappa shape index (κ2) is 7.96. The Labute approximate surface area is 159 Å². The number of benzene rings is 1. The minimum atomic E-state index is -0.136. The molecule has 4 rings (SSSR count). The van der Waals surface area contributed by atoms with Gasteiger partial charge in [-0.1, -0.05) is 24.3 Å². The number of nitrogens with one attached hydrogen (secondary N) is 1. The highest BCUT2D eigenvalue weighted by Crippen LogP contribution is 2.38. The highest BCUT2D eigenvalue weighted by molar-refractivity contribution is 5.89. The second-order valence-corrected chi connectivity index (χ2v) is 7.18. The van der Waals surface area contributed by atoms with Crippen molar-refractivity contribution in [3.8, 4) is 5.88 Å². The summed E-state index contributed by atoms with van der Waals surface area (Å²) in [7, 11) is 1.76. The van der Waals surface area contributed by atoms with Crippen molar-refractivity contribution in [2.24, 2.45) is 5.92 Å². The molecule has 0 radical (unpaired) electrons. The molecule has 1 aromatic heterocycles. The second-order valence-electron chi connectivity index (χ2n) is 7.18. The molecular weight excluding hydrogens is 342 g/mol. The summed E-state index contributed by atoms with van der Waals surface area (Å²) in [6, 6.07) is 15.3. The van der Waals surface area contributed by atoms with Gasteiger partial charge in [0, 0.05) is 37.0 Å². The van der Waals surface area contributed by atoms with Gasteiger partial charge < -0.3 is 19.7 Å². The summed E-state index contributed by atoms with van der Waals surface area (Å²) in [5.41, 5.74) is 0.803. The number of rotatable bonds is 4. The van der Waals surface area contributed by atoms with Crippen LogP contribution in [0.15, 0.2) is 54.7 Å². The van der Waals surface area contributed by atoms with Gasteiger partial charge in [-0.05, 0) is 37.5 Å². The van der Waals surface area contributed by atoms with Crippen molar-refractivity contribution >= 4 is 11.7 Å². The number of anilines is 1. The molecule has 0 unspecified atom stereocenters. The van der Waals surface area contributed by atoms with E-state index in [1.807, 2.05) is 53.4 Å². The molecule has 1 saturated carbocycles. The Bertz CT molecular complexity index is 756. The first kappa shape index (κ1) is 17.8. The van der Waals surface area contributed by atoms with E-state index in [9.17, 15) is 4.79 Å². The molecule has 1 N–H and O–H groups in total. The van der Waals surface area contributed by atoms with Crippen molar-refractivity contribution in [3.05, 3.63) is 54.7 Å². The van der Waals surface area contributed by atoms with Gasteiger partial charge in [-0.3, -0.25) is 0 Å². The number of hydrogen-bond donors (Lipinski definition) is 1. The van der Waals surface area contributed by atoms with Crippen LogP contribution in [0.1, 0.15) is 19.3 Å². The summed E-state index contributed by atoms with van der Waals surface area (Å²) >= 11 is 0. The van der Waals surface area contributed by atoms with E-state index in [2.05, 4.69) is 10.3 Å². The fourth-order valence-electron chi connectivity index (χ4n) is 4.26. The van der Waals surface area contributed by atoms with E-state index in [0.29, 0.717) is 12.4 Å². The van der Waals surface area contributed by atoms with Crippen molar-refractivity contribution in [1.29, 1.82) is 0 Å². The molecule has 2 aliphatic rings. The molecule has 2 bridgehead atoms. The maximum absolute atomic E-state index is 12.9. The number of nitrogens with zero attached hydrogens (tertiary/aromatic N) is 2. The van der Waals surface area contributed by atoms with E-state index in [-0.39, 0.29) is 30.2 Å². The average Bonchev–Trinajstić information content (AvgIpc) is 2.71. The first-order chi connectivity index (χ1) is 13.2. The zero-order valence-corrected chi connectivity index (χ0v) is 15.5. The lowest BCUT2D eigenvalue weighted by atomic mass is 9.76. The van der Waals surface area contributed by atoms with E-state index < -0.39 is 0 Å². The highest BCUT2D eigenvalue weighted by atomic mass is 16.5. The molecule has 2 amide bonds. The molecule has 2 aromatic rings. The summed E-state index contributed by atoms with van der Waals surface area (Å²) < 4.78 is 11.9. The Morgan fingerprint density at radius 3 is 2.67 bits per heavy atom. The molecule has 142 valence electrons. The van der Waals surface area contributed by atoms with E-state index >= 15 is 0 Å². The van der Waals surface area contributed by atoms with Crippen molar-refractivity contribution in [1.82, 2.24) is 9.88 Å². The van der Waals surface area contributed by atoms with Crippen LogP contribution in [-0.2, 0) is 4.74 Å². The van der Waals surface area contributed by atoms with Gasteiger partial charge in [-0.2, -0.15) is 0 Å². The Balaban J connectivity index is 1.52. The van der Waals surface area contributed by atoms with Crippen LogP contribution >= 0.6 is 0 Å². The quantitative estimate of drug-likeness (QED) is 0.897. The lowest BCUT2D eigenvalue weighted by Crippen LogP contribution is -2.60. The van der Waals surface area contributed by atoms with Crippen LogP contribution in [0.2, 0.25) is 0 Å². The van der Waals surface area contributed by atoms with Gasteiger partial charge in [0.15, 0.2) is 0 Å². The molecule has 6 nitrogen and oxygen atoms in total. The van der Waals surface area contributed by atoms with E-state index in [1.54, 1.807) is 13.3 Å². The fourth-order valence-corrected chi connectivity index (χ4v) is 4.26. The van der Waals surface area contributed by atoms with Crippen LogP contribution in [-0.4, -0.2) is 47.8 Å². The third-order valence-electron chi connectivity index (χ3n) is 5.60. The Morgan fingerprint density at radius 1 is 1.11 bits per heavy atom. The predicted octanol–water partition coefficient (Wildman–Crippen LogP) is 3.56. The first-order valence-electron chi connectivity index (χ1n) is 9.48. The molecule has 6 heteroatoms. The molecule has 2 heterocycles. The number of carbonyl (C=O) groups is 1. The summed E-state index contributed by atoms with van der Waals surface area (Å²) in [5, 5.41) is 3.01. The number of pyridine rings is 1. The van der Waals surface area contributed by atoms with E-state index in [4.69, 9.17) is 9.47 Å². The number of likely N-dealkylation sites (tertiary alicyclic amines) is 1. The molecule has 1 saturated heterocycles. The van der Waals surface area contributed by atoms with Crippen molar-refractivity contribution < 1.29 is 14.3 Å². The summed E-state index contributed by atoms with van der Waals surface area (Å²) in [4.78, 5) is 19.1. The SMILES string of the molecule is CO[C@@H]1CC[C@H]2C[C@@H]1[C@@H](Oc1ccccn1)CN2C(=O)Nc1ccccc1. The Hall–Kier alpha value is -2.60. The molecule has 4 atom stereocenters. The molecule has 2 fully saturated rings. The zero-order chi connectivity index (χ0) is 18.6. The molecule has 1 aromatic carbocycles. The van der Waals surface area contributed by atoms with Gasteiger partial charge in [-0.25, -0.2) is 9.78 Å². The average molecular weight is 367 g/mol. The van der Waals surface area contributed by atoms with Gasteiger partial charge in [0.1, 0.15) is 6.10 Å². The van der Waals surface area contributed by atoms with Crippen molar-refractivity contribution in [3.63, 3.8) is 0 Å². The zero-order valence-electron chi connectivity index (χ0n) is 15.5. The Morgan fingerprint density at radius 2 is 1.93 bits per heavy atom. The standard InChI is InChI=1S/C21H25N3O3/c1-26-18-11-10-16-13-17(18)19(27-20-9-5-6-12-22-20)14-24(16)21(25)23-15-7-3-2-4-8-15/h2-9,12,16-19H,10-11,13-14H2,1H3,(H,23,25)/t16-,17-,18+,19-/m0/s1. The van der Waals surface area contributed by atoms with Gasteiger partial charge >= 0.3 is 6.03 Å². The van der Waals surface area contributed by atoms with Crippen LogP contribution in [0, 0.1) is 5.92 Å². The molecule has 27 heavy (non-hydrogen) atoms. The molecule has 1 aliphatic carbocycles. The molecular formula is C21H25N3O3. The van der Waals surface area contributed by atoms with Gasteiger partial charge in [0.25, 0.3) is 0 Å². The fraction of sp³-hybridized carbons (Fsp3) is 0.429. The number of piperidine rings is 1. The normalized spacial score (nSPS) is 27.1. The largest absolute Gasteiger partial charge is 0.472 e. The summed E-state index contributed by atoms with van der Waals surface area (Å²) in [6.45, 7) is 0.532. The van der Waals surface area contributed by atoms with Gasteiger partial charge in [-0.15, -0.1) is 0 Å². The van der Waals surface area contributed by atoms with Crippen LogP contribution in [0.3, 0.4) is 0 Å². The summed E-state index contributed by atoms with van der Waals surface area (Å²) in [5.74, 6) is 0.848. The topological polar surface area (TPSA) is 63.7 Å². The molecule has 0 spiro atoms. The number of para-hydroxylation sites is 1. The monoisotopic (exact) mass is 367 g/mol. The smallest absolute Gasteiger partial charge is 0.322 e. The van der Waals surface area contributed by atoms with E-state index in [0.717, 1.165) is 24.9 Å². The van der Waals surface area contributed by atoms with Crippen LogP contribution in [0.25, 0.3) is 0 Å². The number of fused-ring (bicyclic) bond motifs is 2. The molecule has 1 aliphatic heterocycles. The van der Waals surface area contributed by atoms with Gasteiger partial charge in [0.05, 0.1) is 12.6 Å². The number of hydrogen-bond acceptors (Lipinski definition) is 4. The summed E-state index contributed by atoms with van der Waals surface area (Å²) in [6.07, 6.45) is 4.52. The minimum absolute atomic E-state index is 0.0739. The van der Waals surface area contributed by atoms with E-state index in [1.165, 1.54) is 0 Å². The van der Waals surface area contributed by atoms with Crippen LogP contribution in [0.5, 0.6) is 5.88 Å². The predicted molar refractivity (Wildman–Crippen MR) is 103 cm³/mol. The van der Waals surface area contributed by atoms with Crippen molar-refractivity contribution in [2.75, 3.05) is 19.0 Å². The minimum Gasteiger partial charge on any atom is -0.472 e. The highest BCUT2D eigenvalue weighted by Gasteiger charge is 2.46. The first-order valence-corrected chi connectivity index (χ1v) is 9.48.